The molecule has 0 aliphatic rings. The van der Waals surface area contributed by atoms with E-state index in [4.69, 9.17) is 35.2 Å². The number of anilines is 2. The number of benzene rings is 3. The van der Waals surface area contributed by atoms with Gasteiger partial charge in [-0.3, -0.25) is 0 Å². The number of hydrogen-bond acceptors (Lipinski definition) is 10. The summed E-state index contributed by atoms with van der Waals surface area (Å²) in [6.07, 6.45) is 1.94. The summed E-state index contributed by atoms with van der Waals surface area (Å²) < 4.78 is 28.1. The minimum Gasteiger partial charge on any atom is -0.496 e. The van der Waals surface area contributed by atoms with E-state index in [0.717, 1.165) is 65.7 Å². The number of nitrogen functional groups attached to an aromatic ring is 2. The van der Waals surface area contributed by atoms with Gasteiger partial charge in [0.2, 0.25) is 0 Å². The summed E-state index contributed by atoms with van der Waals surface area (Å²) in [4.78, 5) is 8.71. The number of ether oxygens (including phenoxy) is 5. The molecule has 0 fully saturated rings. The van der Waals surface area contributed by atoms with Gasteiger partial charge in [0.1, 0.15) is 47.8 Å². The Morgan fingerprint density at radius 3 is 1.82 bits per heavy atom. The second-order valence-electron chi connectivity index (χ2n) is 11.1. The molecule has 0 spiro atoms. The predicted molar refractivity (Wildman–Crippen MR) is 201 cm³/mol. The van der Waals surface area contributed by atoms with Gasteiger partial charge in [-0.05, 0) is 80.4 Å². The molecule has 2 heterocycles. The van der Waals surface area contributed by atoms with Crippen LogP contribution in [0.1, 0.15) is 25.8 Å². The zero-order valence-electron chi connectivity index (χ0n) is 29.3. The number of nitrogens with one attached hydrogen (secondary N) is 1. The quantitative estimate of drug-likeness (QED) is 0.0824. The van der Waals surface area contributed by atoms with Gasteiger partial charge in [0, 0.05) is 36.4 Å². The molecule has 0 bridgehead atoms. The minimum absolute atomic E-state index is 0.478. The fourth-order valence-corrected chi connectivity index (χ4v) is 4.92. The molecule has 0 radical (unpaired) electrons. The summed E-state index contributed by atoms with van der Waals surface area (Å²) in [5.74, 6) is 3.95. The average Bonchev–Trinajstić information content (AvgIpc) is 3.14. The van der Waals surface area contributed by atoms with Gasteiger partial charge in [-0.25, -0.2) is 9.97 Å². The molecule has 0 atom stereocenters. The molecule has 0 amide bonds. The minimum atomic E-state index is 0.478. The monoisotopic (exact) mass is 679 g/mol. The van der Waals surface area contributed by atoms with E-state index in [0.29, 0.717) is 50.4 Å². The van der Waals surface area contributed by atoms with Crippen molar-refractivity contribution in [1.29, 1.82) is 0 Å². The molecular formula is C40H49N5O5. The Balaban J connectivity index is 0.000000237. The molecule has 10 nitrogen and oxygen atoms in total. The van der Waals surface area contributed by atoms with Crippen molar-refractivity contribution in [3.63, 3.8) is 0 Å². The van der Waals surface area contributed by atoms with Crippen LogP contribution < -0.4 is 35.7 Å². The smallest absolute Gasteiger partial charge is 0.132 e. The lowest BCUT2D eigenvalue weighted by molar-refractivity contribution is 0.110. The van der Waals surface area contributed by atoms with E-state index in [-0.39, 0.29) is 0 Å². The number of nitrogens with zero attached hydrogens (tertiary/aromatic N) is 2. The molecule has 3 aromatic carbocycles. The summed E-state index contributed by atoms with van der Waals surface area (Å²) in [5.41, 5.74) is 16.3. The van der Waals surface area contributed by atoms with Crippen molar-refractivity contribution in [3.05, 3.63) is 109 Å². The molecule has 0 unspecified atom stereocenters. The molecular weight excluding hydrogens is 630 g/mol. The summed E-state index contributed by atoms with van der Waals surface area (Å²) in [6, 6.07) is 33.1. The number of nitrogens with two attached hydrogens (primary N) is 2. The average molecular weight is 680 g/mol. The van der Waals surface area contributed by atoms with Crippen molar-refractivity contribution in [2.24, 2.45) is 0 Å². The fourth-order valence-electron chi connectivity index (χ4n) is 4.92. The maximum absolute atomic E-state index is 5.94. The highest BCUT2D eigenvalue weighted by Crippen LogP contribution is 2.34. The fraction of sp³-hybridized carbons (Fsp3) is 0.300. The van der Waals surface area contributed by atoms with Crippen LogP contribution in [-0.2, 0) is 11.2 Å². The lowest BCUT2D eigenvalue weighted by atomic mass is 10.1. The van der Waals surface area contributed by atoms with Crippen LogP contribution in [0.25, 0.3) is 22.5 Å². The highest BCUT2D eigenvalue weighted by atomic mass is 16.5. The van der Waals surface area contributed by atoms with Crippen LogP contribution in [0, 0.1) is 0 Å². The van der Waals surface area contributed by atoms with Crippen LogP contribution in [0.4, 0.5) is 11.6 Å². The third-order valence-electron chi connectivity index (χ3n) is 7.36. The van der Waals surface area contributed by atoms with E-state index < -0.39 is 0 Å². The second-order valence-corrected chi connectivity index (χ2v) is 11.1. The summed E-state index contributed by atoms with van der Waals surface area (Å²) in [5, 5.41) is 3.42. The van der Waals surface area contributed by atoms with Crippen LogP contribution >= 0.6 is 0 Å². The number of methoxy groups -OCH3 is 1. The molecule has 264 valence electrons. The Morgan fingerprint density at radius 2 is 1.22 bits per heavy atom. The van der Waals surface area contributed by atoms with Gasteiger partial charge in [-0.2, -0.15) is 0 Å². The van der Waals surface area contributed by atoms with Crippen molar-refractivity contribution in [3.8, 4) is 45.5 Å². The first kappa shape index (κ1) is 37.5. The first-order chi connectivity index (χ1) is 24.5. The molecule has 50 heavy (non-hydrogen) atoms. The van der Waals surface area contributed by atoms with Crippen molar-refractivity contribution in [2.45, 2.75) is 26.7 Å². The Morgan fingerprint density at radius 1 is 0.600 bits per heavy atom. The summed E-state index contributed by atoms with van der Waals surface area (Å²) in [6.45, 7) is 8.75. The predicted octanol–water partition coefficient (Wildman–Crippen LogP) is 7.09. The maximum Gasteiger partial charge on any atom is 0.132 e. The number of aromatic nitrogens is 2. The molecule has 5 N–H and O–H groups in total. The van der Waals surface area contributed by atoms with Gasteiger partial charge in [0.05, 0.1) is 31.7 Å². The molecule has 2 aromatic heterocycles. The van der Waals surface area contributed by atoms with Crippen LogP contribution in [0.2, 0.25) is 0 Å². The van der Waals surface area contributed by atoms with E-state index in [1.165, 1.54) is 5.56 Å². The number of rotatable bonds is 18. The largest absolute Gasteiger partial charge is 0.496 e. The topological polar surface area (TPSA) is 136 Å². The molecule has 5 aromatic rings. The van der Waals surface area contributed by atoms with E-state index in [1.807, 2.05) is 73.7 Å². The zero-order chi connectivity index (χ0) is 35.4. The van der Waals surface area contributed by atoms with Crippen LogP contribution in [0.3, 0.4) is 0 Å². The van der Waals surface area contributed by atoms with Crippen molar-refractivity contribution in [2.75, 3.05) is 64.7 Å². The molecule has 0 saturated heterocycles. The molecule has 0 saturated carbocycles. The highest BCUT2D eigenvalue weighted by Gasteiger charge is 2.11. The van der Waals surface area contributed by atoms with Gasteiger partial charge in [-0.1, -0.05) is 49.4 Å². The zero-order valence-corrected chi connectivity index (χ0v) is 29.3. The van der Waals surface area contributed by atoms with E-state index in [9.17, 15) is 0 Å². The van der Waals surface area contributed by atoms with Gasteiger partial charge in [0.25, 0.3) is 0 Å². The van der Waals surface area contributed by atoms with Crippen LogP contribution in [0.5, 0.6) is 23.0 Å². The molecule has 0 aliphatic carbocycles. The highest BCUT2D eigenvalue weighted by molar-refractivity contribution is 5.70. The first-order valence-electron chi connectivity index (χ1n) is 17.0. The van der Waals surface area contributed by atoms with Crippen LogP contribution in [-0.4, -0.2) is 63.2 Å². The standard InChI is InChI=1S/C24H29N3O2.C16H20N2O3/c1-2-16-29-23-18-20(11-12-21(23)22-9-6-10-24(25)27-22)28-17-15-26-14-13-19-7-4-3-5-8-19;1-3-20-9-10-21-12-7-8-13(15(11-12)19-2)14-5-4-6-16(17)18-14/h3-12,18,26H,2,13-17H2,1H3,(H2,25,27);4-8,11H,3,9-10H2,1-2H3,(H2,17,18). The molecule has 10 heteroatoms. The number of pyridine rings is 2. The van der Waals surface area contributed by atoms with Crippen molar-refractivity contribution < 1.29 is 23.7 Å². The SMILES string of the molecule is CCCOc1cc(OCCNCCc2ccccc2)ccc1-c1cccc(N)n1.CCOCCOc1ccc(-c2cccc(N)n2)c(OC)c1. The third-order valence-corrected chi connectivity index (χ3v) is 7.36. The Bertz CT molecular complexity index is 1720. The molecule has 0 aliphatic heterocycles. The first-order valence-corrected chi connectivity index (χ1v) is 17.0. The van der Waals surface area contributed by atoms with E-state index in [1.54, 1.807) is 19.2 Å². The summed E-state index contributed by atoms with van der Waals surface area (Å²) in [7, 11) is 1.62. The Labute approximate surface area is 295 Å². The van der Waals surface area contributed by atoms with Crippen LogP contribution in [0.15, 0.2) is 103 Å². The van der Waals surface area contributed by atoms with Gasteiger partial charge < -0.3 is 40.5 Å². The second kappa shape index (κ2) is 20.9. The Hall–Kier alpha value is -5.32. The third kappa shape index (κ3) is 12.3. The summed E-state index contributed by atoms with van der Waals surface area (Å²) >= 11 is 0. The number of hydrogen-bond donors (Lipinski definition) is 3. The van der Waals surface area contributed by atoms with Crippen molar-refractivity contribution in [1.82, 2.24) is 15.3 Å². The van der Waals surface area contributed by atoms with E-state index >= 15 is 0 Å². The molecule has 5 rings (SSSR count). The van der Waals surface area contributed by atoms with Crippen molar-refractivity contribution >= 4 is 11.6 Å². The van der Waals surface area contributed by atoms with Gasteiger partial charge in [-0.15, -0.1) is 0 Å². The lowest BCUT2D eigenvalue weighted by Gasteiger charge is -2.14. The normalized spacial score (nSPS) is 10.5. The Kier molecular flexibility index (Phi) is 15.7. The van der Waals surface area contributed by atoms with E-state index in [2.05, 4.69) is 46.5 Å². The van der Waals surface area contributed by atoms with Gasteiger partial charge >= 0.3 is 0 Å². The maximum atomic E-state index is 5.94. The van der Waals surface area contributed by atoms with Gasteiger partial charge in [0.15, 0.2) is 0 Å². The lowest BCUT2D eigenvalue weighted by Crippen LogP contribution is -2.23.